The van der Waals surface area contributed by atoms with Crippen molar-refractivity contribution >= 4 is 54.5 Å². The first-order valence-electron chi connectivity index (χ1n) is 4.73. The molecule has 1 atom stereocenters. The minimum absolute atomic E-state index is 0.340. The van der Waals surface area contributed by atoms with E-state index in [0.717, 1.165) is 18.9 Å². The van der Waals surface area contributed by atoms with Crippen molar-refractivity contribution in [1.82, 2.24) is 0 Å². The Morgan fingerprint density at radius 3 is 2.00 bits per heavy atom. The Hall–Kier alpha value is 0.120. The third-order valence-corrected chi connectivity index (χ3v) is 4.85. The summed E-state index contributed by atoms with van der Waals surface area (Å²) in [6, 6.07) is 3.86. The predicted molar refractivity (Wildman–Crippen MR) is 81.2 cm³/mol. The van der Waals surface area contributed by atoms with Crippen molar-refractivity contribution in [2.75, 3.05) is 7.11 Å². The monoisotopic (exact) mass is 398 g/mol. The SMILES string of the molecule is CC(O)c1csc(Br)c1.COc1csc(Br)c1. The zero-order chi connectivity index (χ0) is 12.8. The Bertz CT molecular complexity index is 452. The van der Waals surface area contributed by atoms with Crippen LogP contribution in [0.5, 0.6) is 5.75 Å². The Morgan fingerprint density at radius 2 is 1.76 bits per heavy atom. The topological polar surface area (TPSA) is 29.5 Å². The highest BCUT2D eigenvalue weighted by Gasteiger charge is 2.01. The Kier molecular flexibility index (Phi) is 6.72. The van der Waals surface area contributed by atoms with Gasteiger partial charge in [-0.25, -0.2) is 0 Å². The van der Waals surface area contributed by atoms with Crippen molar-refractivity contribution in [2.45, 2.75) is 13.0 Å². The van der Waals surface area contributed by atoms with Gasteiger partial charge in [-0.2, -0.15) is 0 Å². The maximum atomic E-state index is 9.02. The highest BCUT2D eigenvalue weighted by Crippen LogP contribution is 2.25. The summed E-state index contributed by atoms with van der Waals surface area (Å²) < 4.78 is 7.09. The van der Waals surface area contributed by atoms with Crippen molar-refractivity contribution < 1.29 is 9.84 Å². The van der Waals surface area contributed by atoms with Crippen LogP contribution in [0.1, 0.15) is 18.6 Å². The van der Waals surface area contributed by atoms with Crippen LogP contribution in [-0.4, -0.2) is 12.2 Å². The molecule has 1 N–H and O–H groups in total. The average Bonchev–Trinajstić information content (AvgIpc) is 2.88. The van der Waals surface area contributed by atoms with Crippen LogP contribution in [0.25, 0.3) is 0 Å². The molecule has 2 heterocycles. The zero-order valence-corrected chi connectivity index (χ0v) is 14.1. The lowest BCUT2D eigenvalue weighted by molar-refractivity contribution is 0.200. The van der Waals surface area contributed by atoms with Crippen LogP contribution in [0, 0.1) is 0 Å². The normalized spacial score (nSPS) is 11.6. The lowest BCUT2D eigenvalue weighted by Gasteiger charge is -1.95. The van der Waals surface area contributed by atoms with Gasteiger partial charge in [-0.3, -0.25) is 0 Å². The molecule has 0 amide bonds. The fraction of sp³-hybridized carbons (Fsp3) is 0.273. The van der Waals surface area contributed by atoms with Gasteiger partial charge in [0.1, 0.15) is 5.75 Å². The molecular formula is C11H12Br2O2S2. The van der Waals surface area contributed by atoms with Gasteiger partial charge in [-0.15, -0.1) is 22.7 Å². The number of halogens is 2. The first-order chi connectivity index (χ1) is 8.02. The Morgan fingerprint density at radius 1 is 1.18 bits per heavy atom. The molecule has 2 nitrogen and oxygen atoms in total. The van der Waals surface area contributed by atoms with E-state index < -0.39 is 0 Å². The molecule has 0 aliphatic rings. The van der Waals surface area contributed by atoms with Gasteiger partial charge in [-0.05, 0) is 55.8 Å². The predicted octanol–water partition coefficient (Wildman–Crippen LogP) is 5.08. The molecule has 0 radical (unpaired) electrons. The summed E-state index contributed by atoms with van der Waals surface area (Å²) >= 11 is 9.83. The summed E-state index contributed by atoms with van der Waals surface area (Å²) in [4.78, 5) is 0. The van der Waals surface area contributed by atoms with Crippen molar-refractivity contribution in [3.05, 3.63) is 36.0 Å². The van der Waals surface area contributed by atoms with E-state index in [0.29, 0.717) is 0 Å². The van der Waals surface area contributed by atoms with Gasteiger partial charge in [0.25, 0.3) is 0 Å². The first-order valence-corrected chi connectivity index (χ1v) is 8.07. The number of ether oxygens (including phenoxy) is 1. The van der Waals surface area contributed by atoms with Crippen LogP contribution in [0.4, 0.5) is 0 Å². The molecule has 0 bridgehead atoms. The van der Waals surface area contributed by atoms with E-state index in [-0.39, 0.29) is 6.10 Å². The molecule has 2 aromatic rings. The molecule has 0 aromatic carbocycles. The van der Waals surface area contributed by atoms with Crippen molar-refractivity contribution in [3.63, 3.8) is 0 Å². The summed E-state index contributed by atoms with van der Waals surface area (Å²) in [6.07, 6.45) is -0.340. The number of methoxy groups -OCH3 is 1. The molecule has 0 aliphatic heterocycles. The minimum Gasteiger partial charge on any atom is -0.496 e. The fourth-order valence-electron chi connectivity index (χ4n) is 0.944. The third-order valence-electron chi connectivity index (χ3n) is 1.85. The molecule has 0 aliphatic carbocycles. The first kappa shape index (κ1) is 15.2. The maximum Gasteiger partial charge on any atom is 0.130 e. The number of hydrogen-bond donors (Lipinski definition) is 1. The quantitative estimate of drug-likeness (QED) is 0.762. The van der Waals surface area contributed by atoms with Crippen molar-refractivity contribution in [2.24, 2.45) is 0 Å². The van der Waals surface area contributed by atoms with Gasteiger partial charge in [0, 0.05) is 11.4 Å². The molecule has 0 spiro atoms. The van der Waals surface area contributed by atoms with E-state index in [1.807, 2.05) is 22.9 Å². The van der Waals surface area contributed by atoms with E-state index in [9.17, 15) is 0 Å². The number of hydrogen-bond acceptors (Lipinski definition) is 4. The van der Waals surface area contributed by atoms with Gasteiger partial charge < -0.3 is 9.84 Å². The second kappa shape index (κ2) is 7.53. The summed E-state index contributed by atoms with van der Waals surface area (Å²) in [5.74, 6) is 0.918. The second-order valence-corrected chi connectivity index (χ2v) is 7.73. The fourth-order valence-corrected chi connectivity index (χ4v) is 3.29. The van der Waals surface area contributed by atoms with Gasteiger partial charge in [0.05, 0.1) is 20.8 Å². The van der Waals surface area contributed by atoms with Crippen molar-refractivity contribution in [3.8, 4) is 5.75 Å². The van der Waals surface area contributed by atoms with E-state index in [1.54, 1.807) is 36.7 Å². The van der Waals surface area contributed by atoms with Gasteiger partial charge >= 0.3 is 0 Å². The number of aliphatic hydroxyl groups excluding tert-OH is 1. The highest BCUT2D eigenvalue weighted by atomic mass is 79.9. The molecule has 2 rings (SSSR count). The minimum atomic E-state index is -0.340. The van der Waals surface area contributed by atoms with Crippen LogP contribution >= 0.6 is 54.5 Å². The number of thiophene rings is 2. The highest BCUT2D eigenvalue weighted by molar-refractivity contribution is 9.11. The van der Waals surface area contributed by atoms with E-state index >= 15 is 0 Å². The van der Waals surface area contributed by atoms with E-state index in [4.69, 9.17) is 9.84 Å². The maximum absolute atomic E-state index is 9.02. The molecule has 17 heavy (non-hydrogen) atoms. The molecule has 0 saturated heterocycles. The number of rotatable bonds is 2. The summed E-state index contributed by atoms with van der Waals surface area (Å²) in [5, 5.41) is 12.9. The van der Waals surface area contributed by atoms with Crippen LogP contribution < -0.4 is 4.74 Å². The molecule has 0 saturated carbocycles. The molecule has 1 unspecified atom stereocenters. The van der Waals surface area contributed by atoms with Gasteiger partial charge in [0.15, 0.2) is 0 Å². The zero-order valence-electron chi connectivity index (χ0n) is 9.31. The summed E-state index contributed by atoms with van der Waals surface area (Å²) in [7, 11) is 1.66. The molecular weight excluding hydrogens is 388 g/mol. The standard InChI is InChI=1S/C6H7BrOS.C5H5BrOS/c1-4(8)5-2-6(7)9-3-5;1-7-4-2-5(6)8-3-4/h2-4,8H,1H3;2-3H,1H3. The Balaban J connectivity index is 0.000000171. The van der Waals surface area contributed by atoms with E-state index in [2.05, 4.69) is 31.9 Å². The Labute approximate surface area is 126 Å². The van der Waals surface area contributed by atoms with Crippen LogP contribution in [0.15, 0.2) is 30.5 Å². The van der Waals surface area contributed by atoms with Gasteiger partial charge in [0.2, 0.25) is 0 Å². The smallest absolute Gasteiger partial charge is 0.130 e. The lowest BCUT2D eigenvalue weighted by atomic mass is 10.2. The van der Waals surface area contributed by atoms with Gasteiger partial charge in [-0.1, -0.05) is 0 Å². The van der Waals surface area contributed by atoms with Crippen LogP contribution in [-0.2, 0) is 0 Å². The van der Waals surface area contributed by atoms with Crippen LogP contribution in [0.2, 0.25) is 0 Å². The second-order valence-electron chi connectivity index (χ2n) is 3.15. The van der Waals surface area contributed by atoms with E-state index in [1.165, 1.54) is 0 Å². The molecule has 2 aromatic heterocycles. The summed E-state index contributed by atoms with van der Waals surface area (Å²) in [6.45, 7) is 1.76. The average molecular weight is 400 g/mol. The number of aliphatic hydroxyl groups is 1. The lowest BCUT2D eigenvalue weighted by Crippen LogP contribution is -1.84. The molecule has 94 valence electrons. The third kappa shape index (κ3) is 5.52. The van der Waals surface area contributed by atoms with Crippen molar-refractivity contribution in [1.29, 1.82) is 0 Å². The summed E-state index contributed by atoms with van der Waals surface area (Å²) in [5.41, 5.74) is 0.979. The molecule has 6 heteroatoms. The molecule has 0 fully saturated rings. The van der Waals surface area contributed by atoms with Crippen LogP contribution in [0.3, 0.4) is 0 Å². The largest absolute Gasteiger partial charge is 0.496 e.